The molecule has 90 valence electrons. The molecule has 1 aromatic rings. The molecule has 16 heavy (non-hydrogen) atoms. The summed E-state index contributed by atoms with van der Waals surface area (Å²) in [6.45, 7) is 2.44. The fraction of sp³-hybridized carbons (Fsp3) is 0.545. The summed E-state index contributed by atoms with van der Waals surface area (Å²) in [7, 11) is 0. The van der Waals surface area contributed by atoms with Crippen LogP contribution in [0.25, 0.3) is 0 Å². The van der Waals surface area contributed by atoms with Gasteiger partial charge in [0.1, 0.15) is 0 Å². The van der Waals surface area contributed by atoms with Gasteiger partial charge in [-0.15, -0.1) is 35.6 Å². The molecular weight excluding hydrogens is 266 g/mol. The van der Waals surface area contributed by atoms with Gasteiger partial charge in [-0.25, -0.2) is 0 Å². The van der Waals surface area contributed by atoms with Crippen molar-refractivity contribution in [2.45, 2.75) is 23.7 Å². The number of fused-ring (bicyclic) bond motifs is 1. The van der Waals surface area contributed by atoms with Gasteiger partial charge in [0.25, 0.3) is 0 Å². The maximum atomic E-state index is 5.80. The topological polar surface area (TPSA) is 16.1 Å². The molecule has 2 fully saturated rings. The van der Waals surface area contributed by atoms with E-state index in [4.69, 9.17) is 23.2 Å². The van der Waals surface area contributed by atoms with Crippen LogP contribution in [0.5, 0.6) is 0 Å². The van der Waals surface area contributed by atoms with Crippen molar-refractivity contribution in [2.75, 3.05) is 13.1 Å². The number of aromatic nitrogens is 1. The van der Waals surface area contributed by atoms with E-state index in [2.05, 4.69) is 9.88 Å². The van der Waals surface area contributed by atoms with Gasteiger partial charge in [-0.05, 0) is 18.6 Å². The highest BCUT2D eigenvalue weighted by molar-refractivity contribution is 6.22. The molecule has 2 aliphatic rings. The third-order valence-electron chi connectivity index (χ3n) is 2.87. The lowest BCUT2D eigenvalue weighted by atomic mass is 9.90. The zero-order chi connectivity index (χ0) is 10.7. The van der Waals surface area contributed by atoms with Gasteiger partial charge in [-0.2, -0.15) is 0 Å². The van der Waals surface area contributed by atoms with Crippen molar-refractivity contribution in [1.29, 1.82) is 0 Å². The van der Waals surface area contributed by atoms with Gasteiger partial charge >= 0.3 is 0 Å². The van der Waals surface area contributed by atoms with Crippen LogP contribution in [0.4, 0.5) is 0 Å². The molecule has 3 rings (SSSR count). The van der Waals surface area contributed by atoms with Crippen molar-refractivity contribution in [3.63, 3.8) is 0 Å². The third kappa shape index (κ3) is 3.24. The van der Waals surface area contributed by atoms with Crippen LogP contribution in [0.15, 0.2) is 24.4 Å². The molecular formula is C11H15Cl3N2. The Balaban J connectivity index is 0.000000151. The number of piperidine rings is 1. The largest absolute Gasteiger partial charge is 0.297 e. The summed E-state index contributed by atoms with van der Waals surface area (Å²) in [6.07, 6.45) is 3.08. The average molecular weight is 282 g/mol. The summed E-state index contributed by atoms with van der Waals surface area (Å²) in [5, 5.41) is 0.494. The first-order valence-corrected chi connectivity index (χ1v) is 6.12. The Kier molecular flexibility index (Phi) is 5.84. The van der Waals surface area contributed by atoms with Crippen LogP contribution in [0.2, 0.25) is 0 Å². The van der Waals surface area contributed by atoms with Crippen LogP contribution < -0.4 is 0 Å². The fourth-order valence-electron chi connectivity index (χ4n) is 1.78. The first-order valence-electron chi connectivity index (χ1n) is 5.15. The van der Waals surface area contributed by atoms with Gasteiger partial charge in [0, 0.05) is 25.3 Å². The highest BCUT2D eigenvalue weighted by Crippen LogP contribution is 2.33. The standard InChI is InChI=1S/C6H6ClN.C5H8ClN.ClH/c7-5-6-3-1-2-4-8-6;6-4-3-7-2-1-5(4)7;/h1-4H,5H2;4-5H,1-3H2;1H. The Bertz CT molecular complexity index is 303. The lowest BCUT2D eigenvalue weighted by Crippen LogP contribution is -2.65. The third-order valence-corrected chi connectivity index (χ3v) is 3.57. The van der Waals surface area contributed by atoms with E-state index in [-0.39, 0.29) is 12.4 Å². The molecule has 0 N–H and O–H groups in total. The van der Waals surface area contributed by atoms with E-state index in [0.717, 1.165) is 18.3 Å². The zero-order valence-corrected chi connectivity index (χ0v) is 11.2. The minimum atomic E-state index is 0. The SMILES string of the molecule is Cl.ClC1CN2CCC12.ClCc1ccccn1. The van der Waals surface area contributed by atoms with Crippen molar-refractivity contribution < 1.29 is 0 Å². The zero-order valence-electron chi connectivity index (χ0n) is 8.85. The van der Waals surface area contributed by atoms with Crippen LogP contribution in [0.3, 0.4) is 0 Å². The van der Waals surface area contributed by atoms with Crippen LogP contribution in [0, 0.1) is 0 Å². The lowest BCUT2D eigenvalue weighted by molar-refractivity contribution is 0.00332. The second-order valence-corrected chi connectivity index (χ2v) is 4.65. The number of pyridine rings is 1. The monoisotopic (exact) mass is 280 g/mol. The van der Waals surface area contributed by atoms with Gasteiger partial charge in [0.2, 0.25) is 0 Å². The Morgan fingerprint density at radius 3 is 2.44 bits per heavy atom. The number of halogens is 3. The molecule has 2 saturated heterocycles. The molecule has 2 aliphatic heterocycles. The number of nitrogens with zero attached hydrogens (tertiary/aromatic N) is 2. The molecule has 1 aromatic heterocycles. The molecule has 0 aliphatic carbocycles. The van der Waals surface area contributed by atoms with Gasteiger partial charge in [0.05, 0.1) is 17.0 Å². The van der Waals surface area contributed by atoms with Crippen LogP contribution in [-0.2, 0) is 5.88 Å². The molecule has 0 radical (unpaired) electrons. The molecule has 0 saturated carbocycles. The van der Waals surface area contributed by atoms with Gasteiger partial charge < -0.3 is 0 Å². The van der Waals surface area contributed by atoms with E-state index in [1.165, 1.54) is 13.0 Å². The summed E-state index contributed by atoms with van der Waals surface area (Å²) in [5.74, 6) is 0.501. The van der Waals surface area contributed by atoms with E-state index < -0.39 is 0 Å². The highest BCUT2D eigenvalue weighted by atomic mass is 35.5. The summed E-state index contributed by atoms with van der Waals surface area (Å²) in [5.41, 5.74) is 0.925. The Labute approximate surface area is 112 Å². The van der Waals surface area contributed by atoms with Crippen molar-refractivity contribution in [3.8, 4) is 0 Å². The summed E-state index contributed by atoms with van der Waals surface area (Å²) < 4.78 is 0. The number of alkyl halides is 2. The highest BCUT2D eigenvalue weighted by Gasteiger charge is 2.43. The lowest BCUT2D eigenvalue weighted by Gasteiger charge is -2.53. The van der Waals surface area contributed by atoms with Crippen LogP contribution in [0.1, 0.15) is 12.1 Å². The summed E-state index contributed by atoms with van der Waals surface area (Å²) >= 11 is 11.3. The van der Waals surface area contributed by atoms with E-state index in [0.29, 0.717) is 11.3 Å². The molecule has 0 amide bonds. The van der Waals surface area contributed by atoms with Gasteiger partial charge in [-0.3, -0.25) is 9.88 Å². The van der Waals surface area contributed by atoms with Crippen molar-refractivity contribution in [3.05, 3.63) is 30.1 Å². The fourth-order valence-corrected chi connectivity index (χ4v) is 2.40. The Hall–Kier alpha value is -0.0200. The number of hydrogen-bond donors (Lipinski definition) is 0. The van der Waals surface area contributed by atoms with Gasteiger partial charge in [0.15, 0.2) is 0 Å². The molecule has 0 aromatic carbocycles. The van der Waals surface area contributed by atoms with Crippen molar-refractivity contribution >= 4 is 35.6 Å². The normalized spacial score (nSPS) is 26.1. The Morgan fingerprint density at radius 1 is 1.44 bits per heavy atom. The molecule has 2 nitrogen and oxygen atoms in total. The smallest absolute Gasteiger partial charge is 0.0647 e. The van der Waals surface area contributed by atoms with E-state index in [1.807, 2.05) is 18.2 Å². The maximum absolute atomic E-state index is 5.80. The van der Waals surface area contributed by atoms with Crippen molar-refractivity contribution in [2.24, 2.45) is 0 Å². The number of rotatable bonds is 1. The quantitative estimate of drug-likeness (QED) is 0.736. The maximum Gasteiger partial charge on any atom is 0.0647 e. The Morgan fingerprint density at radius 2 is 2.25 bits per heavy atom. The van der Waals surface area contributed by atoms with Crippen molar-refractivity contribution in [1.82, 2.24) is 9.88 Å². The molecule has 3 heterocycles. The first kappa shape index (κ1) is 14.0. The summed E-state index contributed by atoms with van der Waals surface area (Å²) in [6, 6.07) is 6.47. The molecule has 5 heteroatoms. The minimum Gasteiger partial charge on any atom is -0.297 e. The van der Waals surface area contributed by atoms with E-state index in [9.17, 15) is 0 Å². The predicted octanol–water partition coefficient (Wildman–Crippen LogP) is 2.92. The van der Waals surface area contributed by atoms with Crippen LogP contribution in [-0.4, -0.2) is 34.4 Å². The summed E-state index contributed by atoms with van der Waals surface area (Å²) in [4.78, 5) is 6.38. The van der Waals surface area contributed by atoms with Crippen LogP contribution >= 0.6 is 35.6 Å². The van der Waals surface area contributed by atoms with E-state index in [1.54, 1.807) is 6.20 Å². The second-order valence-electron chi connectivity index (χ2n) is 3.82. The average Bonchev–Trinajstić information content (AvgIpc) is 2.27. The second kappa shape index (κ2) is 6.65. The van der Waals surface area contributed by atoms with E-state index >= 15 is 0 Å². The first-order chi connectivity index (χ1) is 7.31. The molecule has 2 atom stereocenters. The molecule has 0 spiro atoms. The van der Waals surface area contributed by atoms with Gasteiger partial charge in [-0.1, -0.05) is 6.07 Å². The minimum absolute atomic E-state index is 0. The molecule has 2 unspecified atom stereocenters. The molecule has 0 bridgehead atoms. The predicted molar refractivity (Wildman–Crippen MR) is 70.7 cm³/mol. The number of hydrogen-bond acceptors (Lipinski definition) is 2.